The number of hydrogen-bond acceptors (Lipinski definition) is 4. The molecule has 0 saturated carbocycles. The zero-order valence-corrected chi connectivity index (χ0v) is 11.9. The summed E-state index contributed by atoms with van der Waals surface area (Å²) in [4.78, 5) is 16.0. The van der Waals surface area contributed by atoms with Gasteiger partial charge >= 0.3 is 5.97 Å². The van der Waals surface area contributed by atoms with Crippen LogP contribution in [0.25, 0.3) is 22.0 Å². The first kappa shape index (κ1) is 13.8. The van der Waals surface area contributed by atoms with Crippen molar-refractivity contribution < 1.29 is 9.53 Å². The SMILES string of the molecule is COC(=O)c1ccc2nccc(-c3ccccc3C#N)c2c1. The van der Waals surface area contributed by atoms with Crippen LogP contribution in [-0.4, -0.2) is 18.1 Å². The van der Waals surface area contributed by atoms with E-state index in [0.717, 1.165) is 22.0 Å². The number of nitrogens with zero attached hydrogens (tertiary/aromatic N) is 2. The monoisotopic (exact) mass is 288 g/mol. The van der Waals surface area contributed by atoms with Crippen molar-refractivity contribution in [2.45, 2.75) is 0 Å². The minimum Gasteiger partial charge on any atom is -0.465 e. The maximum absolute atomic E-state index is 11.7. The quantitative estimate of drug-likeness (QED) is 0.676. The van der Waals surface area contributed by atoms with Crippen LogP contribution in [0.15, 0.2) is 54.7 Å². The van der Waals surface area contributed by atoms with Crippen LogP contribution in [0.4, 0.5) is 0 Å². The van der Waals surface area contributed by atoms with Gasteiger partial charge in [-0.1, -0.05) is 18.2 Å². The van der Waals surface area contributed by atoms with E-state index in [9.17, 15) is 10.1 Å². The molecule has 0 amide bonds. The van der Waals surface area contributed by atoms with Crippen LogP contribution in [0.1, 0.15) is 15.9 Å². The van der Waals surface area contributed by atoms with E-state index < -0.39 is 5.97 Å². The standard InChI is InChI=1S/C18H12N2O2/c1-22-18(21)12-6-7-17-16(10-12)15(8-9-20-17)14-5-3-2-4-13(14)11-19/h2-10H,1H3. The van der Waals surface area contributed by atoms with Crippen molar-refractivity contribution in [3.05, 3.63) is 65.9 Å². The first-order valence-corrected chi connectivity index (χ1v) is 6.71. The Morgan fingerprint density at radius 2 is 1.95 bits per heavy atom. The molecule has 3 aromatic rings. The van der Waals surface area contributed by atoms with Crippen molar-refractivity contribution in [2.75, 3.05) is 7.11 Å². The van der Waals surface area contributed by atoms with Crippen molar-refractivity contribution in [1.29, 1.82) is 5.26 Å². The summed E-state index contributed by atoms with van der Waals surface area (Å²) in [6.45, 7) is 0. The molecular weight excluding hydrogens is 276 g/mol. The summed E-state index contributed by atoms with van der Waals surface area (Å²) >= 11 is 0. The fourth-order valence-corrected chi connectivity index (χ4v) is 2.44. The normalized spacial score (nSPS) is 10.2. The number of rotatable bonds is 2. The molecule has 106 valence electrons. The van der Waals surface area contributed by atoms with Gasteiger partial charge in [-0.25, -0.2) is 4.79 Å². The summed E-state index contributed by atoms with van der Waals surface area (Å²) in [7, 11) is 1.35. The molecule has 1 aromatic heterocycles. The Morgan fingerprint density at radius 1 is 1.14 bits per heavy atom. The number of methoxy groups -OCH3 is 1. The largest absolute Gasteiger partial charge is 0.465 e. The molecule has 4 nitrogen and oxygen atoms in total. The summed E-state index contributed by atoms with van der Waals surface area (Å²) in [5.41, 5.74) is 3.49. The highest BCUT2D eigenvalue weighted by molar-refractivity contribution is 6.00. The number of benzene rings is 2. The molecule has 0 radical (unpaired) electrons. The second-order valence-electron chi connectivity index (χ2n) is 4.74. The fourth-order valence-electron chi connectivity index (χ4n) is 2.44. The molecule has 0 aliphatic rings. The van der Waals surface area contributed by atoms with Gasteiger partial charge in [0.15, 0.2) is 0 Å². The minimum absolute atomic E-state index is 0.398. The molecule has 3 rings (SSSR count). The predicted molar refractivity (Wildman–Crippen MR) is 83.2 cm³/mol. The van der Waals surface area contributed by atoms with E-state index in [1.165, 1.54) is 7.11 Å². The highest BCUT2D eigenvalue weighted by Gasteiger charge is 2.12. The molecule has 0 saturated heterocycles. The first-order valence-electron chi connectivity index (χ1n) is 6.71. The van der Waals surface area contributed by atoms with Crippen molar-refractivity contribution >= 4 is 16.9 Å². The van der Waals surface area contributed by atoms with E-state index in [1.54, 1.807) is 30.5 Å². The smallest absolute Gasteiger partial charge is 0.337 e. The van der Waals surface area contributed by atoms with Crippen LogP contribution in [0.3, 0.4) is 0 Å². The number of pyridine rings is 1. The molecule has 1 heterocycles. The van der Waals surface area contributed by atoms with Crippen LogP contribution >= 0.6 is 0 Å². The molecule has 0 bridgehead atoms. The van der Waals surface area contributed by atoms with Gasteiger partial charge in [0.1, 0.15) is 0 Å². The molecule has 0 atom stereocenters. The van der Waals surface area contributed by atoms with E-state index in [4.69, 9.17) is 4.74 Å². The maximum atomic E-state index is 11.7. The van der Waals surface area contributed by atoms with Gasteiger partial charge in [-0.3, -0.25) is 4.98 Å². The highest BCUT2D eigenvalue weighted by Crippen LogP contribution is 2.30. The Balaban J connectivity index is 2.30. The Morgan fingerprint density at radius 3 is 2.73 bits per heavy atom. The third-order valence-electron chi connectivity index (χ3n) is 3.50. The molecule has 4 heteroatoms. The second-order valence-corrected chi connectivity index (χ2v) is 4.74. The lowest BCUT2D eigenvalue weighted by Crippen LogP contribution is -2.01. The third-order valence-corrected chi connectivity index (χ3v) is 3.50. The molecule has 22 heavy (non-hydrogen) atoms. The maximum Gasteiger partial charge on any atom is 0.337 e. The molecule has 0 spiro atoms. The van der Waals surface area contributed by atoms with Gasteiger partial charge < -0.3 is 4.74 Å². The second kappa shape index (κ2) is 5.66. The number of aromatic nitrogens is 1. The molecule has 0 aliphatic heterocycles. The van der Waals surface area contributed by atoms with Crippen molar-refractivity contribution in [3.63, 3.8) is 0 Å². The minimum atomic E-state index is -0.398. The number of hydrogen-bond donors (Lipinski definition) is 0. The summed E-state index contributed by atoms with van der Waals surface area (Å²) in [6.07, 6.45) is 1.70. The fraction of sp³-hybridized carbons (Fsp3) is 0.0556. The number of carbonyl (C=O) groups is 1. The average molecular weight is 288 g/mol. The zero-order chi connectivity index (χ0) is 15.5. The molecule has 0 unspecified atom stereocenters. The van der Waals surface area contributed by atoms with Gasteiger partial charge in [-0.15, -0.1) is 0 Å². The van der Waals surface area contributed by atoms with Crippen LogP contribution in [0.5, 0.6) is 0 Å². The number of fused-ring (bicyclic) bond motifs is 1. The van der Waals surface area contributed by atoms with Crippen LogP contribution in [0, 0.1) is 11.3 Å². The molecule has 0 fully saturated rings. The van der Waals surface area contributed by atoms with Crippen molar-refractivity contribution in [3.8, 4) is 17.2 Å². The van der Waals surface area contributed by atoms with E-state index in [0.29, 0.717) is 11.1 Å². The van der Waals surface area contributed by atoms with Gasteiger partial charge in [0.2, 0.25) is 0 Å². The van der Waals surface area contributed by atoms with E-state index in [2.05, 4.69) is 11.1 Å². The summed E-state index contributed by atoms with van der Waals surface area (Å²) < 4.78 is 4.76. The van der Waals surface area contributed by atoms with E-state index in [-0.39, 0.29) is 0 Å². The average Bonchev–Trinajstić information content (AvgIpc) is 2.60. The Labute approximate surface area is 127 Å². The Bertz CT molecular complexity index is 910. The van der Waals surface area contributed by atoms with Gasteiger partial charge in [0.05, 0.1) is 29.8 Å². The summed E-state index contributed by atoms with van der Waals surface area (Å²) in [5, 5.41) is 10.1. The van der Waals surface area contributed by atoms with Crippen molar-refractivity contribution in [1.82, 2.24) is 4.98 Å². The number of carbonyl (C=O) groups excluding carboxylic acids is 1. The molecule has 2 aromatic carbocycles. The van der Waals surface area contributed by atoms with E-state index in [1.807, 2.05) is 24.3 Å². The molecule has 0 N–H and O–H groups in total. The highest BCUT2D eigenvalue weighted by atomic mass is 16.5. The van der Waals surface area contributed by atoms with Gasteiger partial charge in [-0.05, 0) is 35.9 Å². The lowest BCUT2D eigenvalue weighted by atomic mass is 9.96. The molecule has 0 aliphatic carbocycles. The van der Waals surface area contributed by atoms with E-state index >= 15 is 0 Å². The van der Waals surface area contributed by atoms with Crippen molar-refractivity contribution in [2.24, 2.45) is 0 Å². The summed E-state index contributed by atoms with van der Waals surface area (Å²) in [6, 6.07) is 16.6. The van der Waals surface area contributed by atoms with Crippen LogP contribution in [0.2, 0.25) is 0 Å². The van der Waals surface area contributed by atoms with Gasteiger partial charge in [-0.2, -0.15) is 5.26 Å². The summed E-state index contributed by atoms with van der Waals surface area (Å²) in [5.74, 6) is -0.398. The number of nitriles is 1. The lowest BCUT2D eigenvalue weighted by Gasteiger charge is -2.09. The van der Waals surface area contributed by atoms with Crippen LogP contribution < -0.4 is 0 Å². The zero-order valence-electron chi connectivity index (χ0n) is 11.9. The van der Waals surface area contributed by atoms with Gasteiger partial charge in [0.25, 0.3) is 0 Å². The Hall–Kier alpha value is -3.19. The van der Waals surface area contributed by atoms with Crippen LogP contribution in [-0.2, 0) is 4.74 Å². The topological polar surface area (TPSA) is 63.0 Å². The molecular formula is C18H12N2O2. The first-order chi connectivity index (χ1) is 10.7. The Kier molecular flexibility index (Phi) is 3.55. The van der Waals surface area contributed by atoms with Gasteiger partial charge in [0, 0.05) is 17.1 Å². The lowest BCUT2D eigenvalue weighted by molar-refractivity contribution is 0.0601. The third kappa shape index (κ3) is 2.29. The number of esters is 1. The predicted octanol–water partition coefficient (Wildman–Crippen LogP) is 3.56. The number of ether oxygens (including phenoxy) is 1.